The molecule has 0 saturated carbocycles. The largest absolute Gasteiger partial charge is 0.394 e. The maximum atomic E-state index is 13.5. The van der Waals surface area contributed by atoms with Gasteiger partial charge in [0.2, 0.25) is 5.91 Å². The number of hydrogen-bond acceptors (Lipinski definition) is 18. The third-order valence-electron chi connectivity index (χ3n) is 19.2. The maximum absolute atomic E-state index is 13.5. The Morgan fingerprint density at radius 1 is 0.359 bits per heavy atom. The fraction of sp³-hybridized carbons (Fsp3) is 0.750. The Labute approximate surface area is 620 Å². The summed E-state index contributed by atoms with van der Waals surface area (Å²) < 4.78 is 34.4. The summed E-state index contributed by atoms with van der Waals surface area (Å²) in [6, 6.07) is -1.01. The molecule has 3 saturated heterocycles. The van der Waals surface area contributed by atoms with Crippen LogP contribution in [0.25, 0.3) is 0 Å². The predicted octanol–water partition coefficient (Wildman–Crippen LogP) is 13.5. The number of ether oxygens (including phenoxy) is 6. The van der Waals surface area contributed by atoms with Crippen molar-refractivity contribution < 1.29 is 89.4 Å². The normalized spacial score (nSPS) is 26.7. The molecule has 0 aromatic heterocycles. The van der Waals surface area contributed by atoms with Gasteiger partial charge in [0.1, 0.15) is 73.2 Å². The molecule has 0 aromatic carbocycles. The maximum Gasteiger partial charge on any atom is 0.220 e. The monoisotopic (exact) mass is 1450 g/mol. The van der Waals surface area contributed by atoms with Crippen molar-refractivity contribution in [3.8, 4) is 0 Å². The lowest BCUT2D eigenvalue weighted by atomic mass is 9.96. The van der Waals surface area contributed by atoms with E-state index in [1.165, 1.54) is 135 Å². The van der Waals surface area contributed by atoms with E-state index >= 15 is 0 Å². The Hall–Kier alpha value is -3.81. The zero-order valence-corrected chi connectivity index (χ0v) is 63.3. The highest BCUT2D eigenvalue weighted by molar-refractivity contribution is 5.76. The predicted molar refractivity (Wildman–Crippen MR) is 410 cm³/mol. The van der Waals surface area contributed by atoms with E-state index in [1.54, 1.807) is 6.08 Å². The van der Waals surface area contributed by atoms with Gasteiger partial charge < -0.3 is 89.9 Å². The van der Waals surface area contributed by atoms with E-state index in [4.69, 9.17) is 28.4 Å². The number of aliphatic hydroxyl groups is 11. The molecule has 12 N–H and O–H groups in total. The number of nitrogens with one attached hydrogen (secondary N) is 1. The van der Waals surface area contributed by atoms with Gasteiger partial charge in [0, 0.05) is 6.42 Å². The molecule has 3 heterocycles. The van der Waals surface area contributed by atoms with E-state index in [0.29, 0.717) is 12.8 Å². The lowest BCUT2D eigenvalue weighted by molar-refractivity contribution is -0.379. The van der Waals surface area contributed by atoms with Crippen LogP contribution in [0.1, 0.15) is 271 Å². The van der Waals surface area contributed by atoms with Crippen molar-refractivity contribution in [2.45, 2.75) is 375 Å². The minimum absolute atomic E-state index is 0.217. The highest BCUT2D eigenvalue weighted by atomic mass is 16.8. The summed E-state index contributed by atoms with van der Waals surface area (Å²) in [5.41, 5.74) is 0. The molecule has 0 radical (unpaired) electrons. The zero-order chi connectivity index (χ0) is 74.6. The van der Waals surface area contributed by atoms with Gasteiger partial charge in [0.25, 0.3) is 0 Å². The van der Waals surface area contributed by atoms with Gasteiger partial charge in [-0.3, -0.25) is 4.79 Å². The second-order valence-corrected chi connectivity index (χ2v) is 28.1. The minimum Gasteiger partial charge on any atom is -0.394 e. The number of amides is 1. The molecular weight excluding hydrogens is 1310 g/mol. The summed E-state index contributed by atoms with van der Waals surface area (Å²) in [5, 5.41) is 121. The first kappa shape index (κ1) is 93.4. The van der Waals surface area contributed by atoms with Gasteiger partial charge in [-0.05, 0) is 103 Å². The molecule has 592 valence electrons. The third kappa shape index (κ3) is 43.1. The van der Waals surface area contributed by atoms with Gasteiger partial charge in [0.05, 0.1) is 38.6 Å². The Bertz CT molecular complexity index is 2330. The molecule has 0 aromatic rings. The van der Waals surface area contributed by atoms with Crippen LogP contribution in [0.3, 0.4) is 0 Å². The van der Waals surface area contributed by atoms with Crippen LogP contribution in [0.4, 0.5) is 0 Å². The fourth-order valence-corrected chi connectivity index (χ4v) is 12.8. The molecule has 1 amide bonds. The van der Waals surface area contributed by atoms with Gasteiger partial charge in [-0.15, -0.1) is 0 Å². The van der Waals surface area contributed by atoms with Gasteiger partial charge in [-0.25, -0.2) is 0 Å². The van der Waals surface area contributed by atoms with Crippen LogP contribution in [0, 0.1) is 0 Å². The molecule has 103 heavy (non-hydrogen) atoms. The molecular formula is C84H143NO18. The SMILES string of the molecule is CC/C=C\C/C=C\C/C=C\C/C=C\C/C=C\C/C=C\C/C=C\CCCCCCCCCCCC(=O)NC(COC1OC(CO)C(OC2OC(CO)C(OC3OC(CO)C(O)C(O)C3O)C(O)C2O)C(O)C1O)C(O)/C=C/CC/C=C/CC/C=C/CCCCCCCCCCCCCCCCCCC. The third-order valence-corrected chi connectivity index (χ3v) is 19.2. The van der Waals surface area contributed by atoms with Crippen LogP contribution in [0.15, 0.2) is 122 Å². The molecule has 0 aliphatic carbocycles. The standard InChI is InChI=1S/C84H143NO18/c1-3-5-7-9-11-13-15-17-19-21-23-25-27-29-31-32-33-34-36-38-40-42-44-46-48-50-52-54-56-58-60-62-72(90)85-67(68(89)61-59-57-55-53-51-49-47-45-43-41-39-37-35-30-28-26-24-22-20-18-16-14-12-10-8-6-4-2)66-98-82-78(96)75(93)80(70(64-87)100-82)103-84-79(97)76(94)81(71(65-88)101-84)102-83-77(95)74(92)73(91)69(63-86)99-83/h5,7,11,13,17,19,23,25,29,31,33-34,38,40,43,45,51,53,59,61,67-71,73-84,86-89,91-97H,3-4,6,8-10,12,14-16,18,20-22,24,26-28,30,32,35-37,39,41-42,44,46-50,52,54-58,60,62-66H2,1-2H3,(H,85,90)/b7-5-,13-11-,19-17-,25-23-,31-29-,34-33-,40-38-,45-43+,53-51+,61-59+. The second kappa shape index (κ2) is 63.2. The lowest BCUT2D eigenvalue weighted by Gasteiger charge is -2.48. The smallest absolute Gasteiger partial charge is 0.220 e. The average Bonchev–Trinajstić information content (AvgIpc) is 0.781. The molecule has 3 fully saturated rings. The number of hydrogen-bond donors (Lipinski definition) is 12. The van der Waals surface area contributed by atoms with Crippen LogP contribution in [-0.4, -0.2) is 193 Å². The van der Waals surface area contributed by atoms with Crippen LogP contribution < -0.4 is 5.32 Å². The van der Waals surface area contributed by atoms with Crippen LogP contribution in [0.5, 0.6) is 0 Å². The first-order valence-corrected chi connectivity index (χ1v) is 40.3. The van der Waals surface area contributed by atoms with E-state index in [9.17, 15) is 61.0 Å². The summed E-state index contributed by atoms with van der Waals surface area (Å²) in [6.07, 6.45) is 61.8. The van der Waals surface area contributed by atoms with Crippen molar-refractivity contribution in [3.63, 3.8) is 0 Å². The number of allylic oxidation sites excluding steroid dienone is 19. The minimum atomic E-state index is -1.99. The van der Waals surface area contributed by atoms with Crippen molar-refractivity contribution in [1.82, 2.24) is 5.32 Å². The number of carbonyl (C=O) groups is 1. The van der Waals surface area contributed by atoms with Crippen molar-refractivity contribution >= 4 is 5.91 Å². The summed E-state index contributed by atoms with van der Waals surface area (Å²) in [4.78, 5) is 13.5. The number of rotatable bonds is 62. The Morgan fingerprint density at radius 2 is 0.680 bits per heavy atom. The first-order chi connectivity index (χ1) is 50.3. The lowest BCUT2D eigenvalue weighted by Crippen LogP contribution is -2.66. The highest BCUT2D eigenvalue weighted by Gasteiger charge is 2.54. The fourth-order valence-electron chi connectivity index (χ4n) is 12.8. The summed E-state index contributed by atoms with van der Waals surface area (Å²) in [5.74, 6) is -0.299. The second-order valence-electron chi connectivity index (χ2n) is 28.1. The number of carbonyl (C=O) groups excluding carboxylic acids is 1. The van der Waals surface area contributed by atoms with E-state index in [2.05, 4.69) is 129 Å². The van der Waals surface area contributed by atoms with Crippen LogP contribution in [0.2, 0.25) is 0 Å². The molecule has 17 atom stereocenters. The van der Waals surface area contributed by atoms with Gasteiger partial charge in [-0.2, -0.15) is 0 Å². The van der Waals surface area contributed by atoms with Crippen molar-refractivity contribution in [2.75, 3.05) is 26.4 Å². The first-order valence-electron chi connectivity index (χ1n) is 40.3. The van der Waals surface area contributed by atoms with Crippen molar-refractivity contribution in [1.29, 1.82) is 0 Å². The Morgan fingerprint density at radius 3 is 1.09 bits per heavy atom. The quantitative estimate of drug-likeness (QED) is 0.0199. The summed E-state index contributed by atoms with van der Waals surface area (Å²) >= 11 is 0. The van der Waals surface area contributed by atoms with Crippen LogP contribution in [-0.2, 0) is 33.2 Å². The topological polar surface area (TPSA) is 307 Å². The summed E-state index contributed by atoms with van der Waals surface area (Å²) in [6.45, 7) is 1.60. The summed E-state index contributed by atoms with van der Waals surface area (Å²) in [7, 11) is 0. The molecule has 3 aliphatic heterocycles. The van der Waals surface area contributed by atoms with Crippen molar-refractivity contribution in [2.24, 2.45) is 0 Å². The molecule has 19 heteroatoms. The highest BCUT2D eigenvalue weighted by Crippen LogP contribution is 2.33. The van der Waals surface area contributed by atoms with E-state index in [-0.39, 0.29) is 18.9 Å². The number of unbranched alkanes of at least 4 members (excludes halogenated alkanes) is 28. The molecule has 0 spiro atoms. The Balaban J connectivity index is 1.40. The van der Waals surface area contributed by atoms with Gasteiger partial charge in [-0.1, -0.05) is 283 Å². The molecule has 0 bridgehead atoms. The average molecular weight is 1460 g/mol. The molecule has 3 aliphatic rings. The number of aliphatic hydroxyl groups excluding tert-OH is 11. The van der Waals surface area contributed by atoms with E-state index < -0.39 is 124 Å². The molecule has 3 rings (SSSR count). The van der Waals surface area contributed by atoms with E-state index in [0.717, 1.165) is 103 Å². The van der Waals surface area contributed by atoms with Crippen LogP contribution >= 0.6 is 0 Å². The van der Waals surface area contributed by atoms with Gasteiger partial charge >= 0.3 is 0 Å². The molecule has 19 nitrogen and oxygen atoms in total. The zero-order valence-electron chi connectivity index (χ0n) is 63.3. The van der Waals surface area contributed by atoms with Gasteiger partial charge in [0.15, 0.2) is 18.9 Å². The molecule has 17 unspecified atom stereocenters. The Kier molecular flexibility index (Phi) is 57.3. The van der Waals surface area contributed by atoms with Crippen molar-refractivity contribution in [3.05, 3.63) is 122 Å². The van der Waals surface area contributed by atoms with E-state index in [1.807, 2.05) is 6.08 Å².